The van der Waals surface area contributed by atoms with Crippen molar-refractivity contribution in [3.8, 4) is 0 Å². The van der Waals surface area contributed by atoms with E-state index in [9.17, 15) is 9.59 Å². The van der Waals surface area contributed by atoms with Crippen LogP contribution in [0, 0.1) is 6.92 Å². The van der Waals surface area contributed by atoms with Gasteiger partial charge in [-0.3, -0.25) is 9.59 Å². The average Bonchev–Trinajstić information content (AvgIpc) is 3.02. The number of anilines is 2. The Balaban J connectivity index is 1.56. The summed E-state index contributed by atoms with van der Waals surface area (Å²) in [7, 11) is 0. The van der Waals surface area contributed by atoms with Crippen LogP contribution in [0.1, 0.15) is 41.3 Å². The molecule has 4 nitrogen and oxygen atoms in total. The quantitative estimate of drug-likeness (QED) is 0.812. The molecule has 1 amide bonds. The zero-order valence-electron chi connectivity index (χ0n) is 14.8. The zero-order valence-corrected chi connectivity index (χ0v) is 14.8. The number of carbonyl (C=O) groups excluding carboxylic acids is 2. The van der Waals surface area contributed by atoms with Crippen LogP contribution in [0.25, 0.3) is 0 Å². The Morgan fingerprint density at radius 3 is 2.56 bits per heavy atom. The third-order valence-corrected chi connectivity index (χ3v) is 4.70. The van der Waals surface area contributed by atoms with Gasteiger partial charge < -0.3 is 10.2 Å². The fourth-order valence-corrected chi connectivity index (χ4v) is 3.19. The Bertz CT molecular complexity index is 781. The van der Waals surface area contributed by atoms with E-state index < -0.39 is 0 Å². The number of Topliss-reactive ketones (excluding diaryl/α,β-unsaturated/α-hetero) is 1. The molecule has 1 aliphatic rings. The number of carbonyl (C=O) groups is 2. The van der Waals surface area contributed by atoms with Gasteiger partial charge in [0.25, 0.3) is 0 Å². The Morgan fingerprint density at radius 1 is 1.08 bits per heavy atom. The van der Waals surface area contributed by atoms with Gasteiger partial charge in [-0.1, -0.05) is 35.9 Å². The molecule has 1 N–H and O–H groups in total. The van der Waals surface area contributed by atoms with Crippen molar-refractivity contribution in [3.63, 3.8) is 0 Å². The molecule has 3 rings (SSSR count). The minimum Gasteiger partial charge on any atom is -0.371 e. The van der Waals surface area contributed by atoms with Crippen molar-refractivity contribution in [2.45, 2.75) is 33.1 Å². The van der Waals surface area contributed by atoms with Crippen LogP contribution < -0.4 is 10.2 Å². The molecule has 1 aliphatic heterocycles. The summed E-state index contributed by atoms with van der Waals surface area (Å²) in [5, 5.41) is 2.91. The molecule has 4 heteroatoms. The number of likely N-dealkylation sites (N-methyl/N-ethyl adjacent to an activating group) is 1. The number of nitrogens with zero attached hydrogens (tertiary/aromatic N) is 1. The highest BCUT2D eigenvalue weighted by molar-refractivity contribution is 6.00. The molecular weight excluding hydrogens is 312 g/mol. The number of ketones is 1. The van der Waals surface area contributed by atoms with Crippen LogP contribution in [0.15, 0.2) is 42.5 Å². The van der Waals surface area contributed by atoms with Gasteiger partial charge in [-0.15, -0.1) is 0 Å². The topological polar surface area (TPSA) is 49.4 Å². The Morgan fingerprint density at radius 2 is 1.84 bits per heavy atom. The van der Waals surface area contributed by atoms with Crippen molar-refractivity contribution >= 4 is 23.1 Å². The SMILES string of the molecule is CCN1CCc2ccc(NC(=O)CCC(=O)c3ccc(C)cc3)cc21. The van der Waals surface area contributed by atoms with Crippen molar-refractivity contribution in [1.29, 1.82) is 0 Å². The molecule has 0 unspecified atom stereocenters. The highest BCUT2D eigenvalue weighted by Gasteiger charge is 2.18. The average molecular weight is 336 g/mol. The third kappa shape index (κ3) is 4.08. The van der Waals surface area contributed by atoms with Gasteiger partial charge in [0, 0.05) is 42.9 Å². The molecule has 0 spiro atoms. The van der Waals surface area contributed by atoms with E-state index in [4.69, 9.17) is 0 Å². The summed E-state index contributed by atoms with van der Waals surface area (Å²) in [6.07, 6.45) is 1.48. The first kappa shape index (κ1) is 17.2. The largest absolute Gasteiger partial charge is 0.371 e. The molecule has 0 saturated carbocycles. The molecule has 0 bridgehead atoms. The summed E-state index contributed by atoms with van der Waals surface area (Å²) in [5.74, 6) is -0.122. The van der Waals surface area contributed by atoms with Crippen LogP contribution in [-0.4, -0.2) is 24.8 Å². The highest BCUT2D eigenvalue weighted by Crippen LogP contribution is 2.30. The van der Waals surface area contributed by atoms with Crippen molar-refractivity contribution in [1.82, 2.24) is 0 Å². The lowest BCUT2D eigenvalue weighted by molar-refractivity contribution is -0.116. The lowest BCUT2D eigenvalue weighted by Crippen LogP contribution is -2.19. The van der Waals surface area contributed by atoms with E-state index in [2.05, 4.69) is 23.2 Å². The summed E-state index contributed by atoms with van der Waals surface area (Å²) in [6.45, 7) is 6.12. The van der Waals surface area contributed by atoms with Crippen molar-refractivity contribution in [2.24, 2.45) is 0 Å². The van der Waals surface area contributed by atoms with Gasteiger partial charge in [-0.25, -0.2) is 0 Å². The van der Waals surface area contributed by atoms with Crippen LogP contribution in [0.4, 0.5) is 11.4 Å². The predicted molar refractivity (Wildman–Crippen MR) is 101 cm³/mol. The van der Waals surface area contributed by atoms with Crippen molar-refractivity contribution in [3.05, 3.63) is 59.2 Å². The lowest BCUT2D eigenvalue weighted by atomic mass is 10.0. The fraction of sp³-hybridized carbons (Fsp3) is 0.333. The number of amides is 1. The van der Waals surface area contributed by atoms with E-state index in [1.807, 2.05) is 43.3 Å². The first-order valence-electron chi connectivity index (χ1n) is 8.84. The van der Waals surface area contributed by atoms with Crippen LogP contribution in [0.5, 0.6) is 0 Å². The molecule has 2 aromatic rings. The highest BCUT2D eigenvalue weighted by atomic mass is 16.2. The molecule has 0 fully saturated rings. The number of hydrogen-bond acceptors (Lipinski definition) is 3. The minimum atomic E-state index is -0.124. The summed E-state index contributed by atoms with van der Waals surface area (Å²) in [4.78, 5) is 26.6. The Kier molecular flexibility index (Phi) is 5.17. The van der Waals surface area contributed by atoms with Crippen LogP contribution in [0.2, 0.25) is 0 Å². The van der Waals surface area contributed by atoms with Gasteiger partial charge in [0.2, 0.25) is 5.91 Å². The van der Waals surface area contributed by atoms with Crippen molar-refractivity contribution < 1.29 is 9.59 Å². The van der Waals surface area contributed by atoms with E-state index in [0.29, 0.717) is 5.56 Å². The summed E-state index contributed by atoms with van der Waals surface area (Å²) >= 11 is 0. The van der Waals surface area contributed by atoms with Gasteiger partial charge in [-0.2, -0.15) is 0 Å². The van der Waals surface area contributed by atoms with Gasteiger partial charge in [-0.05, 0) is 38.0 Å². The van der Waals surface area contributed by atoms with Crippen molar-refractivity contribution in [2.75, 3.05) is 23.3 Å². The number of benzene rings is 2. The maximum atomic E-state index is 12.2. The Hall–Kier alpha value is -2.62. The standard InChI is InChI=1S/C21H24N2O2/c1-3-23-13-12-16-8-9-18(14-19(16)23)22-21(25)11-10-20(24)17-6-4-15(2)5-7-17/h4-9,14H,3,10-13H2,1-2H3,(H,22,25). The summed E-state index contributed by atoms with van der Waals surface area (Å²) < 4.78 is 0. The summed E-state index contributed by atoms with van der Waals surface area (Å²) in [6, 6.07) is 13.5. The first-order chi connectivity index (χ1) is 12.1. The normalized spacial score (nSPS) is 12.8. The number of aryl methyl sites for hydroxylation is 1. The molecule has 0 saturated heterocycles. The maximum absolute atomic E-state index is 12.2. The molecular formula is C21H24N2O2. The maximum Gasteiger partial charge on any atom is 0.224 e. The smallest absolute Gasteiger partial charge is 0.224 e. The molecule has 2 aromatic carbocycles. The van der Waals surface area contributed by atoms with Gasteiger partial charge in [0.1, 0.15) is 0 Å². The molecule has 0 aliphatic carbocycles. The lowest BCUT2D eigenvalue weighted by Gasteiger charge is -2.17. The zero-order chi connectivity index (χ0) is 17.8. The molecule has 1 heterocycles. The number of nitrogens with one attached hydrogen (secondary N) is 1. The minimum absolute atomic E-state index is 0.00117. The number of rotatable bonds is 6. The van der Waals surface area contributed by atoms with E-state index >= 15 is 0 Å². The predicted octanol–water partition coefficient (Wildman–Crippen LogP) is 3.98. The molecule has 130 valence electrons. The van der Waals surface area contributed by atoms with E-state index in [1.54, 1.807) is 0 Å². The number of hydrogen-bond donors (Lipinski definition) is 1. The fourth-order valence-electron chi connectivity index (χ4n) is 3.19. The second-order valence-corrected chi connectivity index (χ2v) is 6.51. The molecule has 0 aromatic heterocycles. The number of fused-ring (bicyclic) bond motifs is 1. The van der Waals surface area contributed by atoms with Gasteiger partial charge in [0.05, 0.1) is 0 Å². The second kappa shape index (κ2) is 7.51. The van der Waals surface area contributed by atoms with E-state index in [-0.39, 0.29) is 24.5 Å². The van der Waals surface area contributed by atoms with Crippen LogP contribution in [0.3, 0.4) is 0 Å². The van der Waals surface area contributed by atoms with E-state index in [1.165, 1.54) is 11.3 Å². The Labute approximate surface area is 148 Å². The van der Waals surface area contributed by atoms with Gasteiger partial charge in [0.15, 0.2) is 5.78 Å². The molecule has 25 heavy (non-hydrogen) atoms. The second-order valence-electron chi connectivity index (χ2n) is 6.51. The monoisotopic (exact) mass is 336 g/mol. The summed E-state index contributed by atoms with van der Waals surface area (Å²) in [5.41, 5.74) is 5.11. The van der Waals surface area contributed by atoms with E-state index in [0.717, 1.165) is 30.8 Å². The third-order valence-electron chi connectivity index (χ3n) is 4.70. The molecule has 0 radical (unpaired) electrons. The first-order valence-corrected chi connectivity index (χ1v) is 8.84. The van der Waals surface area contributed by atoms with Crippen LogP contribution in [-0.2, 0) is 11.2 Å². The van der Waals surface area contributed by atoms with Gasteiger partial charge >= 0.3 is 0 Å². The van der Waals surface area contributed by atoms with Crippen LogP contribution >= 0.6 is 0 Å². The molecule has 0 atom stereocenters.